The summed E-state index contributed by atoms with van der Waals surface area (Å²) >= 11 is 0. The molecule has 1 aromatic rings. The van der Waals surface area contributed by atoms with Gasteiger partial charge in [-0.15, -0.1) is 0 Å². The van der Waals surface area contributed by atoms with Gasteiger partial charge in [0.2, 0.25) is 11.8 Å². The predicted octanol–water partition coefficient (Wildman–Crippen LogP) is 1.00. The average Bonchev–Trinajstić information content (AvgIpc) is 2.51. The molecule has 1 heterocycles. The third-order valence-corrected chi connectivity index (χ3v) is 3.56. The Bertz CT molecular complexity index is 701. The largest absolute Gasteiger partial charge is 0.378 e. The van der Waals surface area contributed by atoms with Crippen LogP contribution >= 0.6 is 0 Å². The summed E-state index contributed by atoms with van der Waals surface area (Å²) in [6.07, 6.45) is 0.295. The van der Waals surface area contributed by atoms with Crippen LogP contribution in [-0.4, -0.2) is 35.5 Å². The summed E-state index contributed by atoms with van der Waals surface area (Å²) in [6.45, 7) is 3.99. The molecule has 1 aromatic carbocycles. The Balaban J connectivity index is 2.19. The van der Waals surface area contributed by atoms with Crippen molar-refractivity contribution in [3.8, 4) is 0 Å². The number of hydrogen-bond donors (Lipinski definition) is 3. The van der Waals surface area contributed by atoms with Gasteiger partial charge in [-0.2, -0.15) is 5.10 Å². The Morgan fingerprint density at radius 2 is 2.21 bits per heavy atom. The number of anilines is 1. The van der Waals surface area contributed by atoms with E-state index in [0.29, 0.717) is 36.5 Å². The number of benzene rings is 1. The Morgan fingerprint density at radius 1 is 1.46 bits per heavy atom. The van der Waals surface area contributed by atoms with E-state index in [1.807, 2.05) is 6.92 Å². The summed E-state index contributed by atoms with van der Waals surface area (Å²) in [5.74, 6) is -0.443. The second kappa shape index (κ2) is 7.53. The van der Waals surface area contributed by atoms with Gasteiger partial charge in [-0.1, -0.05) is 13.0 Å². The molecular weight excluding hydrogens is 314 g/mol. The second-order valence-electron chi connectivity index (χ2n) is 5.54. The molecule has 0 saturated heterocycles. The van der Waals surface area contributed by atoms with E-state index in [-0.39, 0.29) is 23.4 Å². The van der Waals surface area contributed by atoms with Crippen LogP contribution < -0.4 is 16.1 Å². The Kier molecular flexibility index (Phi) is 5.46. The van der Waals surface area contributed by atoms with Crippen LogP contribution in [0.1, 0.15) is 25.8 Å². The van der Waals surface area contributed by atoms with Crippen molar-refractivity contribution < 1.29 is 14.5 Å². The first-order valence-electron chi connectivity index (χ1n) is 7.52. The summed E-state index contributed by atoms with van der Waals surface area (Å²) in [7, 11) is 0. The van der Waals surface area contributed by atoms with Gasteiger partial charge in [0.25, 0.3) is 5.69 Å². The van der Waals surface area contributed by atoms with Gasteiger partial charge in [-0.05, 0) is 6.07 Å². The number of carbonyl (C=O) groups excluding carboxylic acids is 2. The summed E-state index contributed by atoms with van der Waals surface area (Å²) in [5, 5.41) is 20.9. The molecule has 1 aliphatic rings. The van der Waals surface area contributed by atoms with E-state index in [1.54, 1.807) is 12.1 Å². The van der Waals surface area contributed by atoms with E-state index in [4.69, 9.17) is 0 Å². The lowest BCUT2D eigenvalue weighted by Crippen LogP contribution is -2.32. The number of nitro benzene ring substituents is 1. The molecule has 9 nitrogen and oxygen atoms in total. The quantitative estimate of drug-likeness (QED) is 0.407. The van der Waals surface area contributed by atoms with Gasteiger partial charge in [-0.3, -0.25) is 19.7 Å². The van der Waals surface area contributed by atoms with Crippen molar-refractivity contribution in [3.05, 3.63) is 33.9 Å². The number of amides is 2. The summed E-state index contributed by atoms with van der Waals surface area (Å²) in [6, 6.07) is 4.76. The molecule has 9 heteroatoms. The smallest absolute Gasteiger partial charge is 0.292 e. The average molecular weight is 333 g/mol. The van der Waals surface area contributed by atoms with Gasteiger partial charge >= 0.3 is 0 Å². The zero-order chi connectivity index (χ0) is 17.7. The SMILES string of the molecule is CC(=O)NCCNc1ccc(C2=NNC(=O)CC2C)cc1[N+](=O)[O-]. The standard InChI is InChI=1S/C15H19N5O4/c1-9-7-14(22)18-19-15(9)11-3-4-12(13(8-11)20(23)24)17-6-5-16-10(2)21/h3-4,8-9,17H,5-7H2,1-2H3,(H,16,21)(H,18,22). The fourth-order valence-corrected chi connectivity index (χ4v) is 2.43. The maximum atomic E-state index is 11.3. The van der Waals surface area contributed by atoms with Gasteiger partial charge in [-0.25, -0.2) is 5.43 Å². The Labute approximate surface area is 138 Å². The first-order chi connectivity index (χ1) is 11.4. The summed E-state index contributed by atoms with van der Waals surface area (Å²) in [5.41, 5.74) is 3.89. The van der Waals surface area contributed by atoms with Crippen LogP contribution in [0.25, 0.3) is 0 Å². The highest BCUT2D eigenvalue weighted by atomic mass is 16.6. The van der Waals surface area contributed by atoms with Gasteiger partial charge in [0.15, 0.2) is 0 Å². The molecule has 0 aromatic heterocycles. The monoisotopic (exact) mass is 333 g/mol. The number of nitro groups is 1. The zero-order valence-corrected chi connectivity index (χ0v) is 13.5. The van der Waals surface area contributed by atoms with Crippen molar-refractivity contribution in [2.45, 2.75) is 20.3 Å². The van der Waals surface area contributed by atoms with Crippen LogP contribution in [0, 0.1) is 16.0 Å². The van der Waals surface area contributed by atoms with Gasteiger partial charge in [0, 0.05) is 44.0 Å². The maximum absolute atomic E-state index is 11.3. The summed E-state index contributed by atoms with van der Waals surface area (Å²) < 4.78 is 0. The first kappa shape index (κ1) is 17.4. The number of rotatable bonds is 6. The number of carbonyl (C=O) groups is 2. The van der Waals surface area contributed by atoms with Gasteiger partial charge in [0.05, 0.1) is 10.6 Å². The van der Waals surface area contributed by atoms with E-state index in [2.05, 4.69) is 21.2 Å². The van der Waals surface area contributed by atoms with Gasteiger partial charge < -0.3 is 10.6 Å². The Hall–Kier alpha value is -2.97. The first-order valence-corrected chi connectivity index (χ1v) is 7.52. The molecule has 3 N–H and O–H groups in total. The molecule has 1 atom stereocenters. The lowest BCUT2D eigenvalue weighted by Gasteiger charge is -2.19. The van der Waals surface area contributed by atoms with Crippen molar-refractivity contribution in [1.82, 2.24) is 10.7 Å². The molecule has 0 aliphatic carbocycles. The fourth-order valence-electron chi connectivity index (χ4n) is 2.43. The topological polar surface area (TPSA) is 126 Å². The number of hydrogen-bond acceptors (Lipinski definition) is 6. The molecule has 1 unspecified atom stereocenters. The third-order valence-electron chi connectivity index (χ3n) is 3.56. The predicted molar refractivity (Wildman–Crippen MR) is 88.7 cm³/mol. The number of hydrazone groups is 1. The van der Waals surface area contributed by atoms with Crippen LogP contribution in [-0.2, 0) is 9.59 Å². The fraction of sp³-hybridized carbons (Fsp3) is 0.400. The summed E-state index contributed by atoms with van der Waals surface area (Å²) in [4.78, 5) is 33.0. The van der Waals surface area contributed by atoms with Crippen molar-refractivity contribution in [3.63, 3.8) is 0 Å². The van der Waals surface area contributed by atoms with Crippen LogP contribution in [0.2, 0.25) is 0 Å². The molecule has 2 rings (SSSR count). The lowest BCUT2D eigenvalue weighted by atomic mass is 9.93. The van der Waals surface area contributed by atoms with Crippen LogP contribution in [0.15, 0.2) is 23.3 Å². The highest BCUT2D eigenvalue weighted by Crippen LogP contribution is 2.27. The molecule has 24 heavy (non-hydrogen) atoms. The molecular formula is C15H19N5O4. The second-order valence-corrected chi connectivity index (χ2v) is 5.54. The zero-order valence-electron chi connectivity index (χ0n) is 13.5. The van der Waals surface area contributed by atoms with E-state index in [0.717, 1.165) is 0 Å². The van der Waals surface area contributed by atoms with Crippen molar-refractivity contribution in [2.75, 3.05) is 18.4 Å². The molecule has 0 saturated carbocycles. The van der Waals surface area contributed by atoms with Gasteiger partial charge in [0.1, 0.15) is 5.69 Å². The van der Waals surface area contributed by atoms with Crippen molar-refractivity contribution >= 4 is 28.9 Å². The number of nitrogens with one attached hydrogen (secondary N) is 3. The van der Waals surface area contributed by atoms with E-state index < -0.39 is 4.92 Å². The minimum Gasteiger partial charge on any atom is -0.378 e. The van der Waals surface area contributed by atoms with E-state index in [9.17, 15) is 19.7 Å². The molecule has 2 amide bonds. The third kappa shape index (κ3) is 4.28. The highest BCUT2D eigenvalue weighted by Gasteiger charge is 2.24. The molecule has 0 radical (unpaired) electrons. The van der Waals surface area contributed by atoms with E-state index in [1.165, 1.54) is 13.0 Å². The van der Waals surface area contributed by atoms with Crippen molar-refractivity contribution in [2.24, 2.45) is 11.0 Å². The normalized spacial score (nSPS) is 16.8. The maximum Gasteiger partial charge on any atom is 0.292 e. The van der Waals surface area contributed by atoms with Crippen LogP contribution in [0.5, 0.6) is 0 Å². The minimum atomic E-state index is -0.475. The molecule has 0 spiro atoms. The highest BCUT2D eigenvalue weighted by molar-refractivity contribution is 6.06. The Morgan fingerprint density at radius 3 is 2.83 bits per heavy atom. The molecule has 1 aliphatic heterocycles. The lowest BCUT2D eigenvalue weighted by molar-refractivity contribution is -0.384. The molecule has 128 valence electrons. The molecule has 0 bridgehead atoms. The minimum absolute atomic E-state index is 0.0814. The van der Waals surface area contributed by atoms with Crippen LogP contribution in [0.4, 0.5) is 11.4 Å². The molecule has 0 fully saturated rings. The van der Waals surface area contributed by atoms with E-state index >= 15 is 0 Å². The van der Waals surface area contributed by atoms with Crippen molar-refractivity contribution in [1.29, 1.82) is 0 Å². The number of nitrogens with zero attached hydrogens (tertiary/aromatic N) is 2. The van der Waals surface area contributed by atoms with Crippen LogP contribution in [0.3, 0.4) is 0 Å².